The number of rotatable bonds is 3. The topological polar surface area (TPSA) is 64.4 Å². The minimum Gasteiger partial charge on any atom is -0.444 e. The number of ketones is 1. The standard InChI is InChI=1S/C23H30FN3O3/c1-8-18(28)21-19-15(4)26(22(29)30-23(5,6)7)10-9-17(19)25-27(21)16-11-13(2)20(24)14(3)12-16/h11-12,15H,8-10H2,1-7H3/t15-/m0/s1. The second-order valence-corrected chi connectivity index (χ2v) is 8.89. The van der Waals surface area contributed by atoms with Gasteiger partial charge in [-0.3, -0.25) is 4.79 Å². The second-order valence-electron chi connectivity index (χ2n) is 8.89. The lowest BCUT2D eigenvalue weighted by Gasteiger charge is -2.34. The maximum atomic E-state index is 14.2. The molecule has 1 aromatic heterocycles. The highest BCUT2D eigenvalue weighted by Crippen LogP contribution is 2.35. The van der Waals surface area contributed by atoms with Crippen LogP contribution < -0.4 is 0 Å². The molecule has 3 rings (SSSR count). The summed E-state index contributed by atoms with van der Waals surface area (Å²) in [5.74, 6) is -0.329. The lowest BCUT2D eigenvalue weighted by atomic mass is 9.95. The zero-order chi connectivity index (χ0) is 22.4. The molecule has 0 bridgehead atoms. The fourth-order valence-corrected chi connectivity index (χ4v) is 3.91. The van der Waals surface area contributed by atoms with Gasteiger partial charge in [0.05, 0.1) is 17.4 Å². The first-order valence-electron chi connectivity index (χ1n) is 10.4. The molecule has 0 aliphatic carbocycles. The van der Waals surface area contributed by atoms with Crippen LogP contribution >= 0.6 is 0 Å². The van der Waals surface area contributed by atoms with Crippen molar-refractivity contribution in [2.45, 2.75) is 73.0 Å². The van der Waals surface area contributed by atoms with Crippen LogP contribution in [0.3, 0.4) is 0 Å². The van der Waals surface area contributed by atoms with Crippen LogP contribution in [-0.4, -0.2) is 38.7 Å². The summed E-state index contributed by atoms with van der Waals surface area (Å²) in [7, 11) is 0. The fraction of sp³-hybridized carbons (Fsp3) is 0.522. The van der Waals surface area contributed by atoms with E-state index in [0.717, 1.165) is 11.3 Å². The predicted molar refractivity (Wildman–Crippen MR) is 113 cm³/mol. The van der Waals surface area contributed by atoms with Gasteiger partial charge in [-0.2, -0.15) is 5.10 Å². The number of halogens is 1. The highest BCUT2D eigenvalue weighted by Gasteiger charge is 2.37. The Morgan fingerprint density at radius 3 is 2.37 bits per heavy atom. The summed E-state index contributed by atoms with van der Waals surface area (Å²) in [5.41, 5.74) is 3.03. The van der Waals surface area contributed by atoms with E-state index in [9.17, 15) is 14.0 Å². The van der Waals surface area contributed by atoms with Crippen molar-refractivity contribution >= 4 is 11.9 Å². The average molecular weight is 416 g/mol. The molecule has 6 nitrogen and oxygen atoms in total. The molecule has 7 heteroatoms. The number of Topliss-reactive ketones (excluding diaryl/α,β-unsaturated/α-hetero) is 1. The van der Waals surface area contributed by atoms with Crippen molar-refractivity contribution in [1.29, 1.82) is 0 Å². The molecule has 2 heterocycles. The summed E-state index contributed by atoms with van der Waals surface area (Å²) in [6.07, 6.45) is 0.419. The smallest absolute Gasteiger partial charge is 0.410 e. The van der Waals surface area contributed by atoms with Gasteiger partial charge in [0.1, 0.15) is 17.1 Å². The Labute approximate surface area is 177 Å². The summed E-state index contributed by atoms with van der Waals surface area (Å²) in [6.45, 7) is 13.0. The van der Waals surface area contributed by atoms with Crippen LogP contribution in [0.2, 0.25) is 0 Å². The summed E-state index contributed by atoms with van der Waals surface area (Å²) < 4.78 is 21.3. The Bertz CT molecular complexity index is 981. The lowest BCUT2D eigenvalue weighted by Crippen LogP contribution is -2.42. The molecule has 30 heavy (non-hydrogen) atoms. The van der Waals surface area contributed by atoms with Crippen molar-refractivity contribution in [2.75, 3.05) is 6.54 Å². The van der Waals surface area contributed by atoms with E-state index in [2.05, 4.69) is 0 Å². The minimum atomic E-state index is -0.605. The number of benzene rings is 1. The first kappa shape index (κ1) is 22.0. The number of aryl methyl sites for hydroxylation is 2. The summed E-state index contributed by atoms with van der Waals surface area (Å²) in [4.78, 5) is 27.3. The van der Waals surface area contributed by atoms with Crippen molar-refractivity contribution < 1.29 is 18.7 Å². The summed E-state index contributed by atoms with van der Waals surface area (Å²) in [5, 5.41) is 4.72. The maximum Gasteiger partial charge on any atom is 0.410 e. The van der Waals surface area contributed by atoms with E-state index in [0.29, 0.717) is 41.9 Å². The molecule has 162 valence electrons. The molecule has 0 saturated carbocycles. The molecule has 1 atom stereocenters. The minimum absolute atomic E-state index is 0.0683. The third kappa shape index (κ3) is 3.98. The second kappa shape index (κ2) is 7.85. The molecule has 1 amide bonds. The maximum absolute atomic E-state index is 14.2. The van der Waals surface area contributed by atoms with Gasteiger partial charge in [-0.1, -0.05) is 6.92 Å². The van der Waals surface area contributed by atoms with Crippen LogP contribution in [0.15, 0.2) is 12.1 Å². The normalized spacial score (nSPS) is 16.4. The Balaban J connectivity index is 2.12. The van der Waals surface area contributed by atoms with Crippen molar-refractivity contribution in [2.24, 2.45) is 0 Å². The van der Waals surface area contributed by atoms with E-state index in [1.807, 2.05) is 27.7 Å². The zero-order valence-electron chi connectivity index (χ0n) is 18.8. The van der Waals surface area contributed by atoms with Gasteiger partial charge in [0, 0.05) is 24.9 Å². The van der Waals surface area contributed by atoms with Gasteiger partial charge in [-0.15, -0.1) is 0 Å². The number of amides is 1. The lowest BCUT2D eigenvalue weighted by molar-refractivity contribution is 0.0158. The summed E-state index contributed by atoms with van der Waals surface area (Å²) in [6, 6.07) is 3.04. The van der Waals surface area contributed by atoms with Crippen LogP contribution in [-0.2, 0) is 11.2 Å². The number of fused-ring (bicyclic) bond motifs is 1. The number of nitrogens with zero attached hydrogens (tertiary/aromatic N) is 3. The van der Waals surface area contributed by atoms with Crippen LogP contribution in [0.4, 0.5) is 9.18 Å². The van der Waals surface area contributed by atoms with E-state index < -0.39 is 11.7 Å². The van der Waals surface area contributed by atoms with Crippen molar-refractivity contribution in [1.82, 2.24) is 14.7 Å². The van der Waals surface area contributed by atoms with Crippen LogP contribution in [0.25, 0.3) is 5.69 Å². The molecule has 1 aliphatic rings. The van der Waals surface area contributed by atoms with E-state index in [1.165, 1.54) is 0 Å². The van der Waals surface area contributed by atoms with Crippen LogP contribution in [0.5, 0.6) is 0 Å². The Hall–Kier alpha value is -2.70. The van der Waals surface area contributed by atoms with Crippen molar-refractivity contribution in [3.8, 4) is 5.69 Å². The summed E-state index contributed by atoms with van der Waals surface area (Å²) >= 11 is 0. The highest BCUT2D eigenvalue weighted by atomic mass is 19.1. The number of hydrogen-bond donors (Lipinski definition) is 0. The molecule has 0 fully saturated rings. The van der Waals surface area contributed by atoms with E-state index in [1.54, 1.807) is 42.5 Å². The SMILES string of the molecule is CCC(=O)c1c2c(nn1-c1cc(C)c(F)c(C)c1)CCN(C(=O)OC(C)(C)C)[C@H]2C. The van der Waals surface area contributed by atoms with Gasteiger partial charge in [-0.05, 0) is 64.8 Å². The molecular weight excluding hydrogens is 385 g/mol. The van der Waals surface area contributed by atoms with Crippen LogP contribution in [0.1, 0.15) is 80.0 Å². The molecule has 0 unspecified atom stereocenters. The van der Waals surface area contributed by atoms with Gasteiger partial charge >= 0.3 is 6.09 Å². The van der Waals surface area contributed by atoms with Gasteiger partial charge < -0.3 is 9.64 Å². The van der Waals surface area contributed by atoms with Gasteiger partial charge in [0.25, 0.3) is 0 Å². The molecule has 0 radical (unpaired) electrons. The number of hydrogen-bond acceptors (Lipinski definition) is 4. The zero-order valence-corrected chi connectivity index (χ0v) is 18.8. The van der Waals surface area contributed by atoms with Gasteiger partial charge in [0.2, 0.25) is 0 Å². The van der Waals surface area contributed by atoms with E-state index in [4.69, 9.17) is 9.84 Å². The average Bonchev–Trinajstić information content (AvgIpc) is 3.04. The monoisotopic (exact) mass is 415 g/mol. The van der Waals surface area contributed by atoms with Crippen LogP contribution in [0, 0.1) is 19.7 Å². The van der Waals surface area contributed by atoms with E-state index in [-0.39, 0.29) is 17.6 Å². The van der Waals surface area contributed by atoms with Crippen molar-refractivity contribution in [3.05, 3.63) is 46.0 Å². The van der Waals surface area contributed by atoms with E-state index >= 15 is 0 Å². The molecular formula is C23H30FN3O3. The number of carbonyl (C=O) groups is 2. The predicted octanol–water partition coefficient (Wildman–Crippen LogP) is 5.08. The number of aromatic nitrogens is 2. The third-order valence-corrected chi connectivity index (χ3v) is 5.35. The Morgan fingerprint density at radius 1 is 1.23 bits per heavy atom. The largest absolute Gasteiger partial charge is 0.444 e. The number of carbonyl (C=O) groups excluding carboxylic acids is 2. The first-order valence-corrected chi connectivity index (χ1v) is 10.4. The molecule has 1 aromatic carbocycles. The Kier molecular flexibility index (Phi) is 5.76. The molecule has 0 N–H and O–H groups in total. The molecule has 2 aromatic rings. The highest BCUT2D eigenvalue weighted by molar-refractivity contribution is 5.97. The number of ether oxygens (including phenoxy) is 1. The van der Waals surface area contributed by atoms with Gasteiger partial charge in [0.15, 0.2) is 5.78 Å². The van der Waals surface area contributed by atoms with Crippen molar-refractivity contribution in [3.63, 3.8) is 0 Å². The molecule has 0 saturated heterocycles. The molecule has 1 aliphatic heterocycles. The van der Waals surface area contributed by atoms with Gasteiger partial charge in [-0.25, -0.2) is 13.9 Å². The first-order chi connectivity index (χ1) is 13.9. The quantitative estimate of drug-likeness (QED) is 0.656. The Morgan fingerprint density at radius 2 is 1.83 bits per heavy atom. The fourth-order valence-electron chi connectivity index (χ4n) is 3.91. The third-order valence-electron chi connectivity index (χ3n) is 5.35. The molecule has 0 spiro atoms.